The average molecular weight is 167 g/mol. The van der Waals surface area contributed by atoms with Gasteiger partial charge in [-0.2, -0.15) is 0 Å². The standard InChI is InChI=1S/C9H13NO2/c1-10(2)9(7-3-4-7)5-8(12)6-11/h5-7H,3-4H2,1-2H3/b9-5+. The SMILES string of the molecule is CN(C)/C(=C/C(=O)C=O)C1CC1. The van der Waals surface area contributed by atoms with Crippen molar-refractivity contribution in [3.63, 3.8) is 0 Å². The monoisotopic (exact) mass is 167 g/mol. The van der Waals surface area contributed by atoms with Crippen LogP contribution in [0.3, 0.4) is 0 Å². The smallest absolute Gasteiger partial charge is 0.219 e. The summed E-state index contributed by atoms with van der Waals surface area (Å²) in [6.07, 6.45) is 4.06. The van der Waals surface area contributed by atoms with Crippen molar-refractivity contribution in [3.8, 4) is 0 Å². The Hall–Kier alpha value is -1.12. The van der Waals surface area contributed by atoms with Gasteiger partial charge in [-0.15, -0.1) is 0 Å². The highest BCUT2D eigenvalue weighted by Crippen LogP contribution is 2.37. The van der Waals surface area contributed by atoms with Gasteiger partial charge in [-0.3, -0.25) is 9.59 Å². The maximum atomic E-state index is 10.8. The normalized spacial score (nSPS) is 17.3. The largest absolute Gasteiger partial charge is 0.381 e. The number of nitrogens with zero attached hydrogens (tertiary/aromatic N) is 1. The van der Waals surface area contributed by atoms with Crippen LogP contribution in [-0.2, 0) is 9.59 Å². The van der Waals surface area contributed by atoms with E-state index >= 15 is 0 Å². The van der Waals surface area contributed by atoms with Crippen molar-refractivity contribution in [3.05, 3.63) is 11.8 Å². The molecular formula is C9H13NO2. The summed E-state index contributed by atoms with van der Waals surface area (Å²) in [5.41, 5.74) is 0.979. The van der Waals surface area contributed by atoms with Gasteiger partial charge in [-0.25, -0.2) is 0 Å². The fourth-order valence-corrected chi connectivity index (χ4v) is 1.17. The summed E-state index contributed by atoms with van der Waals surface area (Å²) in [6, 6.07) is 0. The fraction of sp³-hybridized carbons (Fsp3) is 0.556. The van der Waals surface area contributed by atoms with Crippen molar-refractivity contribution in [1.29, 1.82) is 0 Å². The van der Waals surface area contributed by atoms with E-state index in [1.165, 1.54) is 6.08 Å². The highest BCUT2D eigenvalue weighted by atomic mass is 16.2. The zero-order valence-electron chi connectivity index (χ0n) is 7.41. The molecular weight excluding hydrogens is 154 g/mol. The second-order valence-electron chi connectivity index (χ2n) is 3.26. The highest BCUT2D eigenvalue weighted by molar-refractivity contribution is 6.30. The van der Waals surface area contributed by atoms with Crippen molar-refractivity contribution in [2.45, 2.75) is 12.8 Å². The van der Waals surface area contributed by atoms with E-state index in [0.29, 0.717) is 12.2 Å². The van der Waals surface area contributed by atoms with Crippen LogP contribution >= 0.6 is 0 Å². The van der Waals surface area contributed by atoms with Crippen molar-refractivity contribution in [2.24, 2.45) is 5.92 Å². The lowest BCUT2D eigenvalue weighted by molar-refractivity contribution is -0.126. The lowest BCUT2D eigenvalue weighted by Crippen LogP contribution is -2.14. The molecule has 0 spiro atoms. The van der Waals surface area contributed by atoms with Gasteiger partial charge in [0.2, 0.25) is 5.78 Å². The molecule has 0 aromatic carbocycles. The minimum Gasteiger partial charge on any atom is -0.381 e. The van der Waals surface area contributed by atoms with Crippen molar-refractivity contribution in [2.75, 3.05) is 14.1 Å². The number of carbonyl (C=O) groups excluding carboxylic acids is 2. The van der Waals surface area contributed by atoms with Gasteiger partial charge in [-0.05, 0) is 18.8 Å². The summed E-state index contributed by atoms with van der Waals surface area (Å²) in [5.74, 6) is 0.0644. The molecule has 0 radical (unpaired) electrons. The highest BCUT2D eigenvalue weighted by Gasteiger charge is 2.27. The van der Waals surface area contributed by atoms with E-state index in [1.807, 2.05) is 19.0 Å². The Kier molecular flexibility index (Phi) is 2.63. The molecule has 0 heterocycles. The van der Waals surface area contributed by atoms with Crippen molar-refractivity contribution < 1.29 is 9.59 Å². The summed E-state index contributed by atoms with van der Waals surface area (Å²) in [5, 5.41) is 0. The second kappa shape index (κ2) is 3.52. The molecule has 0 aromatic heterocycles. The third-order valence-electron chi connectivity index (χ3n) is 1.92. The van der Waals surface area contributed by atoms with E-state index in [-0.39, 0.29) is 0 Å². The molecule has 0 saturated heterocycles. The Morgan fingerprint density at radius 3 is 2.33 bits per heavy atom. The van der Waals surface area contributed by atoms with Crippen molar-refractivity contribution in [1.82, 2.24) is 4.90 Å². The van der Waals surface area contributed by atoms with Crippen LogP contribution in [0.2, 0.25) is 0 Å². The predicted octanol–water partition coefficient (Wildman–Crippen LogP) is 0.610. The summed E-state index contributed by atoms with van der Waals surface area (Å²) in [7, 11) is 3.78. The van der Waals surface area contributed by atoms with Gasteiger partial charge in [0.25, 0.3) is 0 Å². The summed E-state index contributed by atoms with van der Waals surface area (Å²) >= 11 is 0. The first-order valence-corrected chi connectivity index (χ1v) is 4.03. The fourth-order valence-electron chi connectivity index (χ4n) is 1.17. The molecule has 1 saturated carbocycles. The van der Waals surface area contributed by atoms with Gasteiger partial charge in [0.15, 0.2) is 6.29 Å². The van der Waals surface area contributed by atoms with E-state index in [1.54, 1.807) is 0 Å². The Morgan fingerprint density at radius 1 is 1.42 bits per heavy atom. The van der Waals surface area contributed by atoms with Crippen LogP contribution in [0, 0.1) is 5.92 Å². The summed E-state index contributed by atoms with van der Waals surface area (Å²) in [4.78, 5) is 22.8. The summed E-state index contributed by atoms with van der Waals surface area (Å²) < 4.78 is 0. The number of ketones is 1. The van der Waals surface area contributed by atoms with E-state index < -0.39 is 5.78 Å². The van der Waals surface area contributed by atoms with Gasteiger partial charge in [0.05, 0.1) is 0 Å². The Bertz CT molecular complexity index is 223. The average Bonchev–Trinajstić information content (AvgIpc) is 2.81. The van der Waals surface area contributed by atoms with Crippen LogP contribution in [0.4, 0.5) is 0 Å². The molecule has 1 aliphatic rings. The molecule has 66 valence electrons. The molecule has 12 heavy (non-hydrogen) atoms. The molecule has 0 bridgehead atoms. The second-order valence-corrected chi connectivity index (χ2v) is 3.26. The molecule has 1 rings (SSSR count). The third-order valence-corrected chi connectivity index (χ3v) is 1.92. The topological polar surface area (TPSA) is 37.4 Å². The molecule has 0 amide bonds. The third kappa shape index (κ3) is 2.19. The first-order chi connectivity index (χ1) is 5.65. The van der Waals surface area contributed by atoms with Gasteiger partial charge < -0.3 is 4.90 Å². The molecule has 1 aliphatic carbocycles. The number of hydrogen-bond acceptors (Lipinski definition) is 3. The minimum atomic E-state index is -0.439. The van der Waals surface area contributed by atoms with Gasteiger partial charge in [0.1, 0.15) is 0 Å². The van der Waals surface area contributed by atoms with Gasteiger partial charge in [-0.1, -0.05) is 0 Å². The maximum absolute atomic E-state index is 10.8. The van der Waals surface area contributed by atoms with E-state index in [2.05, 4.69) is 0 Å². The molecule has 0 aliphatic heterocycles. The maximum Gasteiger partial charge on any atom is 0.219 e. The number of carbonyl (C=O) groups is 2. The van der Waals surface area contributed by atoms with E-state index in [4.69, 9.17) is 0 Å². The zero-order valence-corrected chi connectivity index (χ0v) is 7.41. The molecule has 3 nitrogen and oxygen atoms in total. The van der Waals surface area contributed by atoms with E-state index in [0.717, 1.165) is 18.5 Å². The molecule has 0 unspecified atom stereocenters. The minimum absolute atomic E-state index is 0.353. The van der Waals surface area contributed by atoms with Crippen LogP contribution in [-0.4, -0.2) is 31.1 Å². The van der Waals surface area contributed by atoms with Gasteiger partial charge in [0, 0.05) is 25.9 Å². The lowest BCUT2D eigenvalue weighted by atomic mass is 10.2. The number of rotatable bonds is 4. The summed E-state index contributed by atoms with van der Waals surface area (Å²) in [6.45, 7) is 0. The molecule has 3 heteroatoms. The van der Waals surface area contributed by atoms with E-state index in [9.17, 15) is 9.59 Å². The lowest BCUT2D eigenvalue weighted by Gasteiger charge is -2.15. The first kappa shape index (κ1) is 8.97. The number of allylic oxidation sites excluding steroid dienone is 2. The van der Waals surface area contributed by atoms with Crippen LogP contribution in [0.25, 0.3) is 0 Å². The van der Waals surface area contributed by atoms with Crippen LogP contribution in [0.15, 0.2) is 11.8 Å². The number of aldehydes is 1. The Morgan fingerprint density at radius 2 is 2.00 bits per heavy atom. The first-order valence-electron chi connectivity index (χ1n) is 4.03. The zero-order chi connectivity index (χ0) is 9.14. The molecule has 0 aromatic rings. The molecule has 1 fully saturated rings. The Labute approximate surface area is 72.0 Å². The molecule has 0 atom stereocenters. The number of hydrogen-bond donors (Lipinski definition) is 0. The van der Waals surface area contributed by atoms with Crippen molar-refractivity contribution >= 4 is 12.1 Å². The predicted molar refractivity (Wildman–Crippen MR) is 45.6 cm³/mol. The van der Waals surface area contributed by atoms with Crippen LogP contribution in [0.5, 0.6) is 0 Å². The quantitative estimate of drug-likeness (QED) is 0.350. The van der Waals surface area contributed by atoms with Crippen LogP contribution < -0.4 is 0 Å². The Balaban J connectivity index is 2.69. The van der Waals surface area contributed by atoms with Gasteiger partial charge >= 0.3 is 0 Å². The van der Waals surface area contributed by atoms with Crippen LogP contribution in [0.1, 0.15) is 12.8 Å². The molecule has 0 N–H and O–H groups in total.